The van der Waals surface area contributed by atoms with Crippen LogP contribution in [0.25, 0.3) is 0 Å². The van der Waals surface area contributed by atoms with Gasteiger partial charge in [0.05, 0.1) is 6.10 Å². The summed E-state index contributed by atoms with van der Waals surface area (Å²) < 4.78 is 32.8. The van der Waals surface area contributed by atoms with Crippen LogP contribution in [0.1, 0.15) is 26.2 Å². The molecule has 1 aromatic heterocycles. The summed E-state index contributed by atoms with van der Waals surface area (Å²) >= 11 is 0. The number of rotatable bonds is 6. The number of pyridine rings is 1. The first kappa shape index (κ1) is 15.2. The zero-order chi connectivity index (χ0) is 14.4. The molecule has 112 valence electrons. The van der Waals surface area contributed by atoms with Gasteiger partial charge < -0.3 is 10.1 Å². The number of nitrogens with one attached hydrogen (secondary N) is 2. The van der Waals surface area contributed by atoms with Gasteiger partial charge >= 0.3 is 0 Å². The molecule has 0 aromatic carbocycles. The molecule has 1 aliphatic rings. The van der Waals surface area contributed by atoms with Crippen LogP contribution in [0, 0.1) is 0 Å². The highest BCUT2D eigenvalue weighted by Crippen LogP contribution is 2.18. The first-order chi connectivity index (χ1) is 9.63. The Labute approximate surface area is 120 Å². The molecule has 0 spiro atoms. The molecule has 1 fully saturated rings. The van der Waals surface area contributed by atoms with Crippen LogP contribution < -0.4 is 10.0 Å². The first-order valence-electron chi connectivity index (χ1n) is 6.93. The average Bonchev–Trinajstić information content (AvgIpc) is 2.47. The van der Waals surface area contributed by atoms with Crippen molar-refractivity contribution >= 4 is 15.8 Å². The Hall–Kier alpha value is -1.18. The number of hydrogen-bond acceptors (Lipinski definition) is 5. The maximum atomic E-state index is 12.3. The van der Waals surface area contributed by atoms with Gasteiger partial charge in [0.15, 0.2) is 0 Å². The molecule has 2 heterocycles. The Morgan fingerprint density at radius 3 is 3.00 bits per heavy atom. The van der Waals surface area contributed by atoms with Crippen LogP contribution in [-0.4, -0.2) is 39.2 Å². The minimum absolute atomic E-state index is 0.0298. The SMILES string of the molecule is CCNc1ncccc1S(=O)(=O)NCC1CCCCO1. The second-order valence-electron chi connectivity index (χ2n) is 4.72. The third-order valence-electron chi connectivity index (χ3n) is 3.18. The van der Waals surface area contributed by atoms with E-state index in [9.17, 15) is 8.42 Å². The van der Waals surface area contributed by atoms with Crippen molar-refractivity contribution in [3.8, 4) is 0 Å². The molecule has 0 radical (unpaired) electrons. The van der Waals surface area contributed by atoms with Gasteiger partial charge in [0.1, 0.15) is 10.7 Å². The van der Waals surface area contributed by atoms with Gasteiger partial charge in [-0.05, 0) is 38.3 Å². The Morgan fingerprint density at radius 2 is 2.30 bits per heavy atom. The molecule has 0 amide bonds. The van der Waals surface area contributed by atoms with Crippen LogP contribution in [0.15, 0.2) is 23.2 Å². The molecular weight excluding hydrogens is 278 g/mol. The monoisotopic (exact) mass is 299 g/mol. The van der Waals surface area contributed by atoms with Crippen molar-refractivity contribution < 1.29 is 13.2 Å². The van der Waals surface area contributed by atoms with E-state index in [0.717, 1.165) is 19.3 Å². The van der Waals surface area contributed by atoms with Crippen molar-refractivity contribution in [2.24, 2.45) is 0 Å². The van der Waals surface area contributed by atoms with Crippen LogP contribution in [-0.2, 0) is 14.8 Å². The fourth-order valence-corrected chi connectivity index (χ4v) is 3.35. The molecule has 7 heteroatoms. The highest BCUT2D eigenvalue weighted by molar-refractivity contribution is 7.89. The van der Waals surface area contributed by atoms with Gasteiger partial charge in [-0.3, -0.25) is 0 Å². The lowest BCUT2D eigenvalue weighted by molar-refractivity contribution is 0.0200. The highest BCUT2D eigenvalue weighted by Gasteiger charge is 2.22. The molecule has 2 rings (SSSR count). The van der Waals surface area contributed by atoms with E-state index in [4.69, 9.17) is 4.74 Å². The summed E-state index contributed by atoms with van der Waals surface area (Å²) in [4.78, 5) is 4.25. The van der Waals surface area contributed by atoms with E-state index in [1.54, 1.807) is 18.3 Å². The number of aromatic nitrogens is 1. The zero-order valence-electron chi connectivity index (χ0n) is 11.6. The molecular formula is C13H21N3O3S. The third-order valence-corrected chi connectivity index (χ3v) is 4.63. The molecule has 1 saturated heterocycles. The Balaban J connectivity index is 2.05. The predicted molar refractivity (Wildman–Crippen MR) is 77.2 cm³/mol. The van der Waals surface area contributed by atoms with Gasteiger partial charge in [-0.25, -0.2) is 18.1 Å². The van der Waals surface area contributed by atoms with E-state index in [1.807, 2.05) is 6.92 Å². The Kier molecular flexibility index (Phi) is 5.33. The molecule has 6 nitrogen and oxygen atoms in total. The summed E-state index contributed by atoms with van der Waals surface area (Å²) in [6, 6.07) is 3.17. The van der Waals surface area contributed by atoms with Crippen molar-refractivity contribution in [1.29, 1.82) is 0 Å². The van der Waals surface area contributed by atoms with Crippen LogP contribution in [0.4, 0.5) is 5.82 Å². The fourth-order valence-electron chi connectivity index (χ4n) is 2.16. The minimum Gasteiger partial charge on any atom is -0.377 e. The lowest BCUT2D eigenvalue weighted by Crippen LogP contribution is -2.35. The Bertz CT molecular complexity index is 527. The van der Waals surface area contributed by atoms with Gasteiger partial charge in [-0.15, -0.1) is 0 Å². The van der Waals surface area contributed by atoms with Crippen LogP contribution in [0.2, 0.25) is 0 Å². The van der Waals surface area contributed by atoms with Gasteiger partial charge in [-0.1, -0.05) is 0 Å². The van der Waals surface area contributed by atoms with Crippen molar-refractivity contribution in [2.45, 2.75) is 37.2 Å². The standard InChI is InChI=1S/C13H21N3O3S/c1-2-14-13-12(7-5-8-15-13)20(17,18)16-10-11-6-3-4-9-19-11/h5,7-8,11,16H,2-4,6,9-10H2,1H3,(H,14,15). The molecule has 1 aliphatic heterocycles. The van der Waals surface area contributed by atoms with E-state index in [0.29, 0.717) is 25.5 Å². The third kappa shape index (κ3) is 3.91. The van der Waals surface area contributed by atoms with E-state index in [2.05, 4.69) is 15.0 Å². The topological polar surface area (TPSA) is 80.3 Å². The molecule has 2 N–H and O–H groups in total. The molecule has 0 bridgehead atoms. The molecule has 0 saturated carbocycles. The smallest absolute Gasteiger partial charge is 0.244 e. The Morgan fingerprint density at radius 1 is 1.45 bits per heavy atom. The maximum Gasteiger partial charge on any atom is 0.244 e. The van der Waals surface area contributed by atoms with E-state index in [1.165, 1.54) is 0 Å². The highest BCUT2D eigenvalue weighted by atomic mass is 32.2. The minimum atomic E-state index is -3.57. The lowest BCUT2D eigenvalue weighted by Gasteiger charge is -2.22. The summed E-state index contributed by atoms with van der Waals surface area (Å²) in [6.07, 6.45) is 4.58. The van der Waals surface area contributed by atoms with E-state index in [-0.39, 0.29) is 11.0 Å². The normalized spacial score (nSPS) is 19.8. The van der Waals surface area contributed by atoms with Crippen molar-refractivity contribution in [2.75, 3.05) is 25.0 Å². The largest absolute Gasteiger partial charge is 0.377 e. The zero-order valence-corrected chi connectivity index (χ0v) is 12.4. The predicted octanol–water partition coefficient (Wildman–Crippen LogP) is 1.36. The first-order valence-corrected chi connectivity index (χ1v) is 8.42. The molecule has 1 aromatic rings. The van der Waals surface area contributed by atoms with Crippen LogP contribution >= 0.6 is 0 Å². The summed E-state index contributed by atoms with van der Waals surface area (Å²) in [7, 11) is -3.57. The van der Waals surface area contributed by atoms with E-state index < -0.39 is 10.0 Å². The van der Waals surface area contributed by atoms with Gasteiger partial charge in [0.25, 0.3) is 0 Å². The lowest BCUT2D eigenvalue weighted by atomic mass is 10.1. The molecule has 1 atom stereocenters. The number of nitrogens with zero attached hydrogens (tertiary/aromatic N) is 1. The van der Waals surface area contributed by atoms with Crippen molar-refractivity contribution in [3.05, 3.63) is 18.3 Å². The van der Waals surface area contributed by atoms with Crippen LogP contribution in [0.5, 0.6) is 0 Å². The molecule has 1 unspecified atom stereocenters. The maximum absolute atomic E-state index is 12.3. The van der Waals surface area contributed by atoms with E-state index >= 15 is 0 Å². The second-order valence-corrected chi connectivity index (χ2v) is 6.46. The second kappa shape index (κ2) is 7.01. The van der Waals surface area contributed by atoms with Crippen molar-refractivity contribution in [3.63, 3.8) is 0 Å². The summed E-state index contributed by atoms with van der Waals surface area (Å²) in [6.45, 7) is 3.53. The number of hydrogen-bond donors (Lipinski definition) is 2. The number of sulfonamides is 1. The van der Waals surface area contributed by atoms with Crippen molar-refractivity contribution in [1.82, 2.24) is 9.71 Å². The number of anilines is 1. The summed E-state index contributed by atoms with van der Waals surface area (Å²) in [5.74, 6) is 0.382. The molecule has 20 heavy (non-hydrogen) atoms. The van der Waals surface area contributed by atoms with Gasteiger partial charge in [0.2, 0.25) is 10.0 Å². The molecule has 0 aliphatic carbocycles. The number of ether oxygens (including phenoxy) is 1. The fraction of sp³-hybridized carbons (Fsp3) is 0.615. The van der Waals surface area contributed by atoms with Gasteiger partial charge in [0, 0.05) is 25.9 Å². The quantitative estimate of drug-likeness (QED) is 0.829. The average molecular weight is 299 g/mol. The summed E-state index contributed by atoms with van der Waals surface area (Å²) in [5.41, 5.74) is 0. The van der Waals surface area contributed by atoms with Crippen LogP contribution in [0.3, 0.4) is 0 Å². The summed E-state index contributed by atoms with van der Waals surface area (Å²) in [5, 5.41) is 2.96. The van der Waals surface area contributed by atoms with Gasteiger partial charge in [-0.2, -0.15) is 0 Å².